The number of rotatable bonds is 20. The SMILES string of the molecule is BrC1=[C+]OC=C1SCCCSc1cocc1Br.Cc1cc(-c2cocc2SCCCSc2cocc2-c2cc(C)cc(-n3c4ccccc4c4ccccc43)c2O)c(O)c(-n2c3ccccc3c3ccccc32)c1.Cc1cc(B2OC(C)(C)C(C)(C)O2)c(OC2CCCCO2)c(N2C3=CC=CCC3c3ccccc32)c1. The van der Waals surface area contributed by atoms with E-state index in [9.17, 15) is 10.2 Å². The van der Waals surface area contributed by atoms with Gasteiger partial charge >= 0.3 is 7.12 Å². The number of thioether (sulfide) groups is 4. The topological polar surface area (TPSA) is 139 Å². The van der Waals surface area contributed by atoms with E-state index in [0.717, 1.165) is 208 Å². The first kappa shape index (κ1) is 75.4. The van der Waals surface area contributed by atoms with Crippen molar-refractivity contribution in [3.63, 3.8) is 0 Å². The molecule has 5 aromatic heterocycles. The number of halogens is 2. The normalized spacial score (nSPS) is 16.8. The average molecular weight is 1670 g/mol. The summed E-state index contributed by atoms with van der Waals surface area (Å²) in [7, 11) is -0.527. The summed E-state index contributed by atoms with van der Waals surface area (Å²) in [5.41, 5.74) is 17.1. The Hall–Kier alpha value is -8.63. The third-order valence-electron chi connectivity index (χ3n) is 21.0. The maximum absolute atomic E-state index is 11.9. The van der Waals surface area contributed by atoms with Crippen molar-refractivity contribution in [3.05, 3.63) is 268 Å². The van der Waals surface area contributed by atoms with E-state index in [1.165, 1.54) is 16.9 Å². The van der Waals surface area contributed by atoms with E-state index in [2.05, 4.69) is 228 Å². The molecular weight excluding hydrogens is 1580 g/mol. The lowest BCUT2D eigenvalue weighted by Gasteiger charge is -2.32. The summed E-state index contributed by atoms with van der Waals surface area (Å²) in [6, 6.07) is 54.6. The van der Waals surface area contributed by atoms with Gasteiger partial charge in [0, 0.05) is 78.7 Å². The molecule has 0 radical (unpaired) electrons. The molecule has 2 N–H and O–H groups in total. The van der Waals surface area contributed by atoms with Gasteiger partial charge in [0.15, 0.2) is 6.29 Å². The fourth-order valence-electron chi connectivity index (χ4n) is 15.1. The molecule has 110 heavy (non-hydrogen) atoms. The van der Waals surface area contributed by atoms with Crippen LogP contribution in [0.2, 0.25) is 0 Å². The molecule has 13 nitrogen and oxygen atoms in total. The molecule has 5 aliphatic rings. The van der Waals surface area contributed by atoms with Gasteiger partial charge in [0.25, 0.3) is 12.5 Å². The van der Waals surface area contributed by atoms with Gasteiger partial charge in [-0.25, -0.2) is 0 Å². The highest BCUT2D eigenvalue weighted by Crippen LogP contribution is 2.54. The molecule has 4 aliphatic heterocycles. The number of anilines is 2. The number of hydrogen-bond acceptors (Lipinski definition) is 15. The first-order valence-corrected chi connectivity index (χ1v) is 42.7. The quantitative estimate of drug-likeness (QED) is 0.0324. The number of aromatic hydroxyl groups is 2. The minimum absolute atomic E-state index is 0.221. The van der Waals surface area contributed by atoms with Crippen LogP contribution in [0.15, 0.2) is 267 Å². The average Bonchev–Trinajstić information content (AvgIpc) is 1.59. The van der Waals surface area contributed by atoms with E-state index in [-0.39, 0.29) is 17.8 Å². The minimum Gasteiger partial charge on any atom is -0.505 e. The molecule has 1 aliphatic carbocycles. The summed E-state index contributed by atoms with van der Waals surface area (Å²) >= 11 is 13.8. The van der Waals surface area contributed by atoms with Crippen LogP contribution in [-0.2, 0) is 18.8 Å². The summed E-state index contributed by atoms with van der Waals surface area (Å²) in [4.78, 5) is 6.62. The Kier molecular flexibility index (Phi) is 22.4. The largest absolute Gasteiger partial charge is 0.505 e. The smallest absolute Gasteiger partial charge is 0.498 e. The summed E-state index contributed by atoms with van der Waals surface area (Å²) in [5.74, 6) is 5.42. The van der Waals surface area contributed by atoms with Gasteiger partial charge in [-0.15, -0.1) is 35.3 Å². The summed E-state index contributed by atoms with van der Waals surface area (Å²) in [6.07, 6.45) is 27.4. The van der Waals surface area contributed by atoms with Gasteiger partial charge in [0.1, 0.15) is 42.3 Å². The van der Waals surface area contributed by atoms with E-state index < -0.39 is 18.3 Å². The molecule has 13 aromatic rings. The van der Waals surface area contributed by atoms with E-state index in [1.807, 2.05) is 48.5 Å². The molecule has 20 heteroatoms. The zero-order valence-corrected chi connectivity index (χ0v) is 68.6. The number of phenolic OH excluding ortho intramolecular Hbond substituents is 2. The second kappa shape index (κ2) is 32.6. The first-order valence-electron chi connectivity index (χ1n) is 37.2. The van der Waals surface area contributed by atoms with E-state index in [1.54, 1.807) is 90.9 Å². The van der Waals surface area contributed by atoms with Crippen LogP contribution in [0.4, 0.5) is 11.4 Å². The molecule has 2 saturated heterocycles. The number of aromatic nitrogens is 2. The van der Waals surface area contributed by atoms with Gasteiger partial charge < -0.3 is 56.3 Å². The molecule has 0 amide bonds. The van der Waals surface area contributed by atoms with Crippen molar-refractivity contribution in [2.45, 2.75) is 125 Å². The first-order chi connectivity index (χ1) is 53.5. The second-order valence-corrected chi connectivity index (χ2v) is 35.2. The van der Waals surface area contributed by atoms with Crippen LogP contribution in [0.1, 0.15) is 94.4 Å². The van der Waals surface area contributed by atoms with Gasteiger partial charge in [-0.3, -0.25) is 4.74 Å². The zero-order valence-electron chi connectivity index (χ0n) is 62.2. The molecule has 0 bridgehead atoms. The van der Waals surface area contributed by atoms with Crippen molar-refractivity contribution in [1.82, 2.24) is 9.13 Å². The molecule has 558 valence electrons. The number of nitrogens with zero attached hydrogens (tertiary/aromatic N) is 3. The molecule has 9 heterocycles. The minimum atomic E-state index is -0.527. The Balaban J connectivity index is 0.000000147. The number of fused-ring (bicyclic) bond motifs is 9. The Morgan fingerprint density at radius 3 is 1.55 bits per heavy atom. The predicted octanol–water partition coefficient (Wildman–Crippen LogP) is 25.2. The number of furan rings is 3. The Bertz CT molecular complexity index is 5390. The number of phenols is 2. The van der Waals surface area contributed by atoms with Gasteiger partial charge in [-0.2, -0.15) is 0 Å². The van der Waals surface area contributed by atoms with Gasteiger partial charge in [-0.1, -0.05) is 109 Å². The Morgan fingerprint density at radius 1 is 0.545 bits per heavy atom. The lowest BCUT2D eigenvalue weighted by atomic mass is 9.77. The molecule has 18 rings (SSSR count). The fourth-order valence-corrected chi connectivity index (χ4v) is 20.0. The number of hydrogen-bond donors (Lipinski definition) is 2. The number of allylic oxidation sites excluding steroid dienone is 5. The lowest BCUT2D eigenvalue weighted by Crippen LogP contribution is -2.41. The Morgan fingerprint density at radius 2 is 1.04 bits per heavy atom. The van der Waals surface area contributed by atoms with Crippen LogP contribution in [0.3, 0.4) is 0 Å². The number of aryl methyl sites for hydroxylation is 3. The van der Waals surface area contributed by atoms with Crippen LogP contribution in [0, 0.1) is 27.0 Å². The highest BCUT2D eigenvalue weighted by Gasteiger charge is 2.53. The zero-order chi connectivity index (χ0) is 75.8. The third-order valence-corrected chi connectivity index (χ3v) is 27.2. The van der Waals surface area contributed by atoms with Crippen LogP contribution in [-0.4, -0.2) is 73.6 Å². The van der Waals surface area contributed by atoms with Crippen molar-refractivity contribution in [2.75, 3.05) is 34.5 Å². The fraction of sp³-hybridized carbons (Fsp3) is 0.244. The van der Waals surface area contributed by atoms with Crippen molar-refractivity contribution in [3.8, 4) is 50.9 Å². The molecule has 0 saturated carbocycles. The maximum Gasteiger partial charge on any atom is 0.498 e. The van der Waals surface area contributed by atoms with Gasteiger partial charge in [0.05, 0.1) is 88.6 Å². The summed E-state index contributed by atoms with van der Waals surface area (Å²) < 4.78 is 53.7. The van der Waals surface area contributed by atoms with E-state index in [0.29, 0.717) is 5.92 Å². The van der Waals surface area contributed by atoms with Crippen LogP contribution in [0.25, 0.3) is 77.2 Å². The molecule has 0 spiro atoms. The molecule has 2 fully saturated rings. The van der Waals surface area contributed by atoms with Gasteiger partial charge in [0.2, 0.25) is 9.39 Å². The number of para-hydroxylation sites is 5. The molecular formula is C90H83BBr2N3O10S4+. The van der Waals surface area contributed by atoms with Gasteiger partial charge in [-0.05, 0) is 230 Å². The van der Waals surface area contributed by atoms with Crippen LogP contribution >= 0.6 is 78.9 Å². The maximum atomic E-state index is 11.9. The van der Waals surface area contributed by atoms with E-state index >= 15 is 0 Å². The summed E-state index contributed by atoms with van der Waals surface area (Å²) in [5, 5.41) is 28.5. The van der Waals surface area contributed by atoms with Crippen molar-refractivity contribution in [1.29, 1.82) is 0 Å². The van der Waals surface area contributed by atoms with Crippen LogP contribution < -0.4 is 15.1 Å². The van der Waals surface area contributed by atoms with Crippen molar-refractivity contribution >= 4 is 146 Å². The highest BCUT2D eigenvalue weighted by molar-refractivity contribution is 9.12. The molecule has 2 atom stereocenters. The van der Waals surface area contributed by atoms with E-state index in [4.69, 9.17) is 36.8 Å². The van der Waals surface area contributed by atoms with Crippen molar-refractivity contribution in [2.24, 2.45) is 0 Å². The van der Waals surface area contributed by atoms with Crippen LogP contribution in [0.5, 0.6) is 17.2 Å². The predicted molar refractivity (Wildman–Crippen MR) is 459 cm³/mol. The molecule has 8 aromatic carbocycles. The molecule has 2 unspecified atom stereocenters. The Labute approximate surface area is 675 Å². The second-order valence-electron chi connectivity index (χ2n) is 29.0. The highest BCUT2D eigenvalue weighted by atomic mass is 79.9. The third kappa shape index (κ3) is 15.1. The van der Waals surface area contributed by atoms with Crippen molar-refractivity contribution < 1.29 is 47.0 Å². The summed E-state index contributed by atoms with van der Waals surface area (Å²) in [6.45, 7) is 15.4. The standard InChI is InChI=1S/C49H38N2O4S2.C30H36BNO4.C11H9Br2O2S2/c1-30-22-36(48(52)44(24-30)50-40-16-7-3-12-32(40)33-13-4-8-17-41(33)50)38-26-54-28-46(38)56-20-11-21-57-47-29-55-27-39(47)37-23-31(2)25-45(49(37)53)51-42-18-9-5-14-34(42)35-15-6-10-19-43(35)51;1-20-18-23(31-35-29(2,3)30(4,5)36-31)28(34-27-16-10-11-17-33-27)26(19-20)32-24-14-8-6-12-21(24)22-13-7-9-15-25(22)32;12-8-4-14-6-10(8)16-2-1-3-17-11-7-15-5-9(11)13/h3-10,12-19,22-29,52-53H,11,20-21H2,1-2H3;6-9,12,14-15,18-19,22,27H,10-11,13,16-17H2,1-5H3;4,6-7H,1-3H2/q;;+1. The number of benzene rings is 8. The number of ether oxygens (including phenoxy) is 3. The monoisotopic (exact) mass is 1660 g/mol. The lowest BCUT2D eigenvalue weighted by molar-refractivity contribution is -0.105.